The molecular weight excluding hydrogens is 387 g/mol. The Kier molecular flexibility index (Phi) is 5.72. The van der Waals surface area contributed by atoms with Crippen molar-refractivity contribution in [3.63, 3.8) is 0 Å². The number of nitrogens with one attached hydrogen (secondary N) is 1. The molecule has 0 saturated heterocycles. The number of hydrogen-bond acceptors (Lipinski definition) is 1. The summed E-state index contributed by atoms with van der Waals surface area (Å²) in [7, 11) is 0. The van der Waals surface area contributed by atoms with Gasteiger partial charge in [-0.3, -0.25) is 4.79 Å². The van der Waals surface area contributed by atoms with E-state index in [1.54, 1.807) is 12.1 Å². The van der Waals surface area contributed by atoms with Gasteiger partial charge in [-0.1, -0.05) is 42.5 Å². The molecule has 3 nitrogen and oxygen atoms in total. The number of carbonyl (C=O) groups is 1. The third kappa shape index (κ3) is 4.29. The average Bonchev–Trinajstić information content (AvgIpc) is 3.12. The van der Waals surface area contributed by atoms with Gasteiger partial charge in [-0.05, 0) is 79.9 Å². The van der Waals surface area contributed by atoms with Crippen LogP contribution in [0.3, 0.4) is 0 Å². The quantitative estimate of drug-likeness (QED) is 0.405. The van der Waals surface area contributed by atoms with Crippen LogP contribution in [0.5, 0.6) is 0 Å². The van der Waals surface area contributed by atoms with E-state index in [2.05, 4.69) is 16.0 Å². The zero-order valence-corrected chi connectivity index (χ0v) is 17.9. The van der Waals surface area contributed by atoms with Gasteiger partial charge in [0.15, 0.2) is 0 Å². The van der Waals surface area contributed by atoms with Crippen LogP contribution in [0.15, 0.2) is 84.9 Å². The summed E-state index contributed by atoms with van der Waals surface area (Å²) in [6, 6.07) is 26.1. The summed E-state index contributed by atoms with van der Waals surface area (Å²) < 4.78 is 15.6. The van der Waals surface area contributed by atoms with Gasteiger partial charge in [0, 0.05) is 11.4 Å². The lowest BCUT2D eigenvalue weighted by Gasteiger charge is -2.15. The SMILES string of the molecule is Cc1cccc(-n2c(-c3ccc(F)cc3)cc(C(=O)N[C@H](C)c3ccccc3)c2C)c1. The molecule has 0 aliphatic carbocycles. The largest absolute Gasteiger partial charge is 0.345 e. The van der Waals surface area contributed by atoms with Crippen molar-refractivity contribution in [1.82, 2.24) is 9.88 Å². The molecule has 0 aliphatic rings. The first-order valence-corrected chi connectivity index (χ1v) is 10.3. The minimum absolute atomic E-state index is 0.121. The van der Waals surface area contributed by atoms with Crippen LogP contribution < -0.4 is 5.32 Å². The number of carbonyl (C=O) groups excluding carboxylic acids is 1. The van der Waals surface area contributed by atoms with Gasteiger partial charge < -0.3 is 9.88 Å². The lowest BCUT2D eigenvalue weighted by molar-refractivity contribution is 0.0939. The number of rotatable bonds is 5. The predicted octanol–water partition coefficient (Wildman–Crippen LogP) is 6.39. The molecule has 1 atom stereocenters. The maximum atomic E-state index is 13.5. The molecule has 1 amide bonds. The monoisotopic (exact) mass is 412 g/mol. The van der Waals surface area contributed by atoms with E-state index in [0.29, 0.717) is 5.56 Å². The van der Waals surface area contributed by atoms with Crippen molar-refractivity contribution in [2.75, 3.05) is 0 Å². The van der Waals surface area contributed by atoms with Crippen LogP contribution in [-0.2, 0) is 0 Å². The molecule has 1 heterocycles. The Balaban J connectivity index is 1.77. The van der Waals surface area contributed by atoms with Crippen LogP contribution in [0.4, 0.5) is 4.39 Å². The maximum absolute atomic E-state index is 13.5. The number of hydrogen-bond donors (Lipinski definition) is 1. The molecule has 0 saturated carbocycles. The Bertz CT molecular complexity index is 1210. The molecule has 4 heteroatoms. The van der Waals surface area contributed by atoms with E-state index in [9.17, 15) is 9.18 Å². The molecule has 0 spiro atoms. The second-order valence-electron chi connectivity index (χ2n) is 7.82. The van der Waals surface area contributed by atoms with E-state index >= 15 is 0 Å². The van der Waals surface area contributed by atoms with Gasteiger partial charge >= 0.3 is 0 Å². The Labute approximate surface area is 182 Å². The van der Waals surface area contributed by atoms with E-state index in [-0.39, 0.29) is 17.8 Å². The summed E-state index contributed by atoms with van der Waals surface area (Å²) in [6.45, 7) is 5.95. The first-order chi connectivity index (χ1) is 14.9. The van der Waals surface area contributed by atoms with E-state index in [1.807, 2.05) is 75.4 Å². The molecule has 156 valence electrons. The summed E-state index contributed by atoms with van der Waals surface area (Å²) in [6.07, 6.45) is 0. The van der Waals surface area contributed by atoms with E-state index in [0.717, 1.165) is 33.8 Å². The third-order valence-corrected chi connectivity index (χ3v) is 5.54. The molecule has 1 N–H and O–H groups in total. The standard InChI is InChI=1S/C27H25FN2O/c1-18-8-7-11-24(16-18)30-20(3)25(17-26(30)22-12-14-23(28)15-13-22)27(31)29-19(2)21-9-5-4-6-10-21/h4-17,19H,1-3H3,(H,29,31)/t19-/m1/s1. The van der Waals surface area contributed by atoms with Gasteiger partial charge in [-0.15, -0.1) is 0 Å². The van der Waals surface area contributed by atoms with E-state index < -0.39 is 0 Å². The van der Waals surface area contributed by atoms with Gasteiger partial charge in [0.2, 0.25) is 0 Å². The second kappa shape index (κ2) is 8.60. The van der Waals surface area contributed by atoms with Crippen LogP contribution in [0.2, 0.25) is 0 Å². The Morgan fingerprint density at radius 2 is 1.61 bits per heavy atom. The van der Waals surface area contributed by atoms with Crippen molar-refractivity contribution >= 4 is 5.91 Å². The highest BCUT2D eigenvalue weighted by Crippen LogP contribution is 2.30. The minimum Gasteiger partial charge on any atom is -0.345 e. The van der Waals surface area contributed by atoms with Crippen molar-refractivity contribution in [1.29, 1.82) is 0 Å². The number of benzene rings is 3. The molecule has 0 unspecified atom stereocenters. The summed E-state index contributed by atoms with van der Waals surface area (Å²) >= 11 is 0. The fraction of sp³-hybridized carbons (Fsp3) is 0.148. The molecule has 3 aromatic carbocycles. The van der Waals surface area contributed by atoms with Gasteiger partial charge in [0.1, 0.15) is 5.82 Å². The third-order valence-electron chi connectivity index (χ3n) is 5.54. The van der Waals surface area contributed by atoms with Crippen LogP contribution in [0.1, 0.15) is 40.1 Å². The molecule has 31 heavy (non-hydrogen) atoms. The number of aryl methyl sites for hydroxylation is 1. The lowest BCUT2D eigenvalue weighted by Crippen LogP contribution is -2.27. The molecule has 0 bridgehead atoms. The molecule has 0 aliphatic heterocycles. The van der Waals surface area contributed by atoms with Crippen LogP contribution in [0.25, 0.3) is 16.9 Å². The number of amides is 1. The molecule has 1 aromatic heterocycles. The van der Waals surface area contributed by atoms with Crippen LogP contribution >= 0.6 is 0 Å². The fourth-order valence-electron chi connectivity index (χ4n) is 3.87. The summed E-state index contributed by atoms with van der Waals surface area (Å²) in [4.78, 5) is 13.2. The Morgan fingerprint density at radius 1 is 0.903 bits per heavy atom. The minimum atomic E-state index is -0.288. The van der Waals surface area contributed by atoms with E-state index in [4.69, 9.17) is 0 Å². The molecule has 4 aromatic rings. The lowest BCUT2D eigenvalue weighted by atomic mass is 10.1. The van der Waals surface area contributed by atoms with Crippen molar-refractivity contribution < 1.29 is 9.18 Å². The van der Waals surface area contributed by atoms with Crippen LogP contribution in [0, 0.1) is 19.7 Å². The predicted molar refractivity (Wildman–Crippen MR) is 123 cm³/mol. The van der Waals surface area contributed by atoms with E-state index in [1.165, 1.54) is 12.1 Å². The summed E-state index contributed by atoms with van der Waals surface area (Å²) in [5, 5.41) is 3.11. The molecule has 4 rings (SSSR count). The summed E-state index contributed by atoms with van der Waals surface area (Å²) in [5.41, 5.74) is 6.27. The molecule has 0 fully saturated rings. The highest BCUT2D eigenvalue weighted by atomic mass is 19.1. The Morgan fingerprint density at radius 3 is 2.29 bits per heavy atom. The van der Waals surface area contributed by atoms with Gasteiger partial charge in [-0.25, -0.2) is 4.39 Å². The van der Waals surface area contributed by atoms with Crippen molar-refractivity contribution in [2.24, 2.45) is 0 Å². The van der Waals surface area contributed by atoms with Gasteiger partial charge in [0.05, 0.1) is 17.3 Å². The maximum Gasteiger partial charge on any atom is 0.253 e. The van der Waals surface area contributed by atoms with Gasteiger partial charge in [0.25, 0.3) is 5.91 Å². The first kappa shape index (κ1) is 20.6. The van der Waals surface area contributed by atoms with Crippen LogP contribution in [-0.4, -0.2) is 10.5 Å². The highest BCUT2D eigenvalue weighted by molar-refractivity contribution is 5.97. The van der Waals surface area contributed by atoms with Crippen molar-refractivity contribution in [2.45, 2.75) is 26.8 Å². The highest BCUT2D eigenvalue weighted by Gasteiger charge is 2.21. The number of nitrogens with zero attached hydrogens (tertiary/aromatic N) is 1. The normalized spacial score (nSPS) is 11.9. The van der Waals surface area contributed by atoms with Crippen molar-refractivity contribution in [3.05, 3.63) is 113 Å². The fourth-order valence-corrected chi connectivity index (χ4v) is 3.87. The number of aromatic nitrogens is 1. The molecule has 0 radical (unpaired) electrons. The summed E-state index contributed by atoms with van der Waals surface area (Å²) in [5.74, 6) is -0.424. The van der Waals surface area contributed by atoms with Gasteiger partial charge in [-0.2, -0.15) is 0 Å². The first-order valence-electron chi connectivity index (χ1n) is 10.3. The second-order valence-corrected chi connectivity index (χ2v) is 7.82. The topological polar surface area (TPSA) is 34.0 Å². The smallest absolute Gasteiger partial charge is 0.253 e. The number of halogens is 1. The zero-order valence-electron chi connectivity index (χ0n) is 17.9. The zero-order chi connectivity index (χ0) is 22.0. The molecular formula is C27H25FN2O. The average molecular weight is 413 g/mol. The van der Waals surface area contributed by atoms with Crippen molar-refractivity contribution in [3.8, 4) is 16.9 Å². The Hall–Kier alpha value is -3.66.